The van der Waals surface area contributed by atoms with Crippen LogP contribution >= 0.6 is 0 Å². The third kappa shape index (κ3) is 6.87. The Balaban J connectivity index is 1.71. The molecular formula is C30H50O5. The van der Waals surface area contributed by atoms with E-state index in [1.807, 2.05) is 13.8 Å². The van der Waals surface area contributed by atoms with Gasteiger partial charge in [0.15, 0.2) is 0 Å². The van der Waals surface area contributed by atoms with Crippen molar-refractivity contribution in [2.45, 2.75) is 116 Å². The van der Waals surface area contributed by atoms with E-state index >= 15 is 0 Å². The van der Waals surface area contributed by atoms with Gasteiger partial charge in [-0.05, 0) is 93.1 Å². The van der Waals surface area contributed by atoms with Crippen molar-refractivity contribution in [2.75, 3.05) is 13.2 Å². The SMILES string of the molecule is C=C1/C(=C\C=C2CCC[C@]3(C)[C@@H]([C@H](C)CCCC(C)(C)O)CC[C@@H]23)C[C@@H](O)[C@@H](O)[C@@H]1OCCCO. The van der Waals surface area contributed by atoms with E-state index in [1.54, 1.807) is 0 Å². The third-order valence-electron chi connectivity index (χ3n) is 9.16. The lowest BCUT2D eigenvalue weighted by molar-refractivity contribution is -0.0832. The Morgan fingerprint density at radius 3 is 2.63 bits per heavy atom. The maximum atomic E-state index is 10.4. The van der Waals surface area contributed by atoms with Gasteiger partial charge in [0.25, 0.3) is 0 Å². The Bertz CT molecular complexity index is 778. The van der Waals surface area contributed by atoms with Crippen LogP contribution in [0.1, 0.15) is 91.9 Å². The second kappa shape index (κ2) is 12.0. The van der Waals surface area contributed by atoms with Crippen molar-refractivity contribution in [3.8, 4) is 0 Å². The van der Waals surface area contributed by atoms with E-state index in [2.05, 4.69) is 32.6 Å². The van der Waals surface area contributed by atoms with Gasteiger partial charge in [0, 0.05) is 19.6 Å². The third-order valence-corrected chi connectivity index (χ3v) is 9.16. The largest absolute Gasteiger partial charge is 0.396 e. The molecule has 0 heterocycles. The van der Waals surface area contributed by atoms with Crippen LogP contribution in [0.3, 0.4) is 0 Å². The van der Waals surface area contributed by atoms with Crippen LogP contribution in [-0.4, -0.2) is 57.6 Å². The fourth-order valence-corrected chi connectivity index (χ4v) is 7.20. The zero-order valence-electron chi connectivity index (χ0n) is 22.5. The molecule has 3 fully saturated rings. The maximum absolute atomic E-state index is 10.4. The molecule has 3 saturated carbocycles. The Morgan fingerprint density at radius 1 is 1.20 bits per heavy atom. The molecule has 3 aliphatic carbocycles. The fourth-order valence-electron chi connectivity index (χ4n) is 7.20. The number of aliphatic hydroxyl groups excluding tert-OH is 3. The van der Waals surface area contributed by atoms with Crippen molar-refractivity contribution >= 4 is 0 Å². The standard InChI is InChI=1S/C30H50O5/c1-20(9-6-15-29(3,4)34)24-13-14-25-22(10-7-16-30(24,25)5)11-12-23-19-26(32)27(33)28(21(23)2)35-18-8-17-31/h11-12,20,24-28,31-34H,2,6-10,13-19H2,1,3-5H3/b22-11?,23-12-/t20-,24-,25+,26-,27-,28-,30-/m1/s1. The van der Waals surface area contributed by atoms with Crippen LogP contribution in [-0.2, 0) is 4.74 Å². The topological polar surface area (TPSA) is 90.2 Å². The molecule has 0 unspecified atom stereocenters. The molecular weight excluding hydrogens is 440 g/mol. The van der Waals surface area contributed by atoms with Crippen molar-refractivity contribution in [1.29, 1.82) is 0 Å². The molecule has 0 spiro atoms. The summed E-state index contributed by atoms with van der Waals surface area (Å²) >= 11 is 0. The number of fused-ring (bicyclic) bond motifs is 1. The Hall–Kier alpha value is -0.980. The summed E-state index contributed by atoms with van der Waals surface area (Å²) in [7, 11) is 0. The monoisotopic (exact) mass is 490 g/mol. The normalized spacial score (nSPS) is 37.1. The average molecular weight is 491 g/mol. The van der Waals surface area contributed by atoms with E-state index in [0.717, 1.165) is 36.3 Å². The lowest BCUT2D eigenvalue weighted by Gasteiger charge is -2.44. The number of rotatable bonds is 10. The first-order valence-electron chi connectivity index (χ1n) is 13.9. The molecule has 0 radical (unpaired) electrons. The summed E-state index contributed by atoms with van der Waals surface area (Å²) in [5.41, 5.74) is 2.95. The van der Waals surface area contributed by atoms with Gasteiger partial charge >= 0.3 is 0 Å². The first kappa shape index (κ1) is 28.6. The zero-order valence-corrected chi connectivity index (χ0v) is 22.5. The first-order chi connectivity index (χ1) is 16.5. The minimum Gasteiger partial charge on any atom is -0.396 e. The first-order valence-corrected chi connectivity index (χ1v) is 13.9. The molecule has 0 bridgehead atoms. The second-order valence-corrected chi connectivity index (χ2v) is 12.4. The quantitative estimate of drug-likeness (QED) is 0.321. The highest BCUT2D eigenvalue weighted by Crippen LogP contribution is 2.60. The molecule has 0 amide bonds. The van der Waals surface area contributed by atoms with Crippen molar-refractivity contribution in [3.05, 3.63) is 35.5 Å². The summed E-state index contributed by atoms with van der Waals surface area (Å²) in [5, 5.41) is 40.0. The predicted molar refractivity (Wildman–Crippen MR) is 141 cm³/mol. The molecule has 3 aliphatic rings. The number of hydrogen-bond acceptors (Lipinski definition) is 5. The Kier molecular flexibility index (Phi) is 9.84. The lowest BCUT2D eigenvalue weighted by atomic mass is 9.60. The second-order valence-electron chi connectivity index (χ2n) is 12.4. The van der Waals surface area contributed by atoms with Gasteiger partial charge in [-0.2, -0.15) is 0 Å². The van der Waals surface area contributed by atoms with Crippen LogP contribution < -0.4 is 0 Å². The van der Waals surface area contributed by atoms with Gasteiger partial charge in [-0.25, -0.2) is 0 Å². The van der Waals surface area contributed by atoms with Gasteiger partial charge in [0.05, 0.1) is 11.7 Å². The van der Waals surface area contributed by atoms with Gasteiger partial charge in [0.2, 0.25) is 0 Å². The highest BCUT2D eigenvalue weighted by molar-refractivity contribution is 5.40. The maximum Gasteiger partial charge on any atom is 0.111 e. The molecule has 7 atom stereocenters. The molecule has 3 rings (SSSR count). The van der Waals surface area contributed by atoms with Crippen LogP contribution in [0.5, 0.6) is 0 Å². The molecule has 35 heavy (non-hydrogen) atoms. The summed E-state index contributed by atoms with van der Waals surface area (Å²) in [5.74, 6) is 1.98. The number of allylic oxidation sites excluding steroid dienone is 3. The van der Waals surface area contributed by atoms with Gasteiger partial charge < -0.3 is 25.2 Å². The Labute approximate surface area is 213 Å². The minimum absolute atomic E-state index is 0.0336. The van der Waals surface area contributed by atoms with Gasteiger partial charge in [-0.3, -0.25) is 0 Å². The summed E-state index contributed by atoms with van der Waals surface area (Å²) in [4.78, 5) is 0. The van der Waals surface area contributed by atoms with E-state index in [9.17, 15) is 15.3 Å². The number of aliphatic hydroxyl groups is 4. The van der Waals surface area contributed by atoms with Crippen LogP contribution in [0.15, 0.2) is 35.5 Å². The molecule has 0 aromatic rings. The molecule has 200 valence electrons. The fraction of sp³-hybridized carbons (Fsp3) is 0.800. The summed E-state index contributed by atoms with van der Waals surface area (Å²) < 4.78 is 5.77. The van der Waals surface area contributed by atoms with Crippen molar-refractivity contribution in [3.63, 3.8) is 0 Å². The van der Waals surface area contributed by atoms with Crippen LogP contribution in [0.2, 0.25) is 0 Å². The number of hydrogen-bond donors (Lipinski definition) is 4. The Morgan fingerprint density at radius 2 is 1.94 bits per heavy atom. The van der Waals surface area contributed by atoms with E-state index < -0.39 is 23.9 Å². The van der Waals surface area contributed by atoms with E-state index in [4.69, 9.17) is 9.84 Å². The molecule has 0 aromatic carbocycles. The van der Waals surface area contributed by atoms with Crippen molar-refractivity contribution < 1.29 is 25.2 Å². The highest BCUT2D eigenvalue weighted by atomic mass is 16.5. The minimum atomic E-state index is -0.988. The van der Waals surface area contributed by atoms with E-state index in [1.165, 1.54) is 37.7 Å². The van der Waals surface area contributed by atoms with Gasteiger partial charge in [-0.1, -0.05) is 51.0 Å². The van der Waals surface area contributed by atoms with Crippen LogP contribution in [0.4, 0.5) is 0 Å². The van der Waals surface area contributed by atoms with Crippen LogP contribution in [0.25, 0.3) is 0 Å². The molecule has 0 saturated heterocycles. The van der Waals surface area contributed by atoms with E-state index in [0.29, 0.717) is 36.7 Å². The molecule has 0 aliphatic heterocycles. The van der Waals surface area contributed by atoms with Gasteiger partial charge in [-0.15, -0.1) is 0 Å². The smallest absolute Gasteiger partial charge is 0.111 e. The summed E-state index contributed by atoms with van der Waals surface area (Å²) in [6.07, 6.45) is 12.0. The summed E-state index contributed by atoms with van der Waals surface area (Å²) in [6, 6.07) is 0. The molecule has 0 aromatic heterocycles. The molecule has 5 heteroatoms. The molecule has 5 nitrogen and oxygen atoms in total. The average Bonchev–Trinajstić information content (AvgIpc) is 3.14. The van der Waals surface area contributed by atoms with E-state index in [-0.39, 0.29) is 6.61 Å². The lowest BCUT2D eigenvalue weighted by Crippen LogP contribution is -2.45. The highest BCUT2D eigenvalue weighted by Gasteiger charge is 2.50. The van der Waals surface area contributed by atoms with Crippen molar-refractivity contribution in [1.82, 2.24) is 0 Å². The van der Waals surface area contributed by atoms with Crippen molar-refractivity contribution in [2.24, 2.45) is 23.2 Å². The van der Waals surface area contributed by atoms with Crippen LogP contribution in [0, 0.1) is 23.2 Å². The van der Waals surface area contributed by atoms with Gasteiger partial charge in [0.1, 0.15) is 12.2 Å². The summed E-state index contributed by atoms with van der Waals surface area (Å²) in [6.45, 7) is 13.3. The number of ether oxygens (including phenoxy) is 1. The molecule has 4 N–H and O–H groups in total. The predicted octanol–water partition coefficient (Wildman–Crippen LogP) is 5.08. The zero-order chi connectivity index (χ0) is 25.8.